The summed E-state index contributed by atoms with van der Waals surface area (Å²) in [6.45, 7) is 0.481. The largest absolute Gasteiger partial charge is 0.355 e. The lowest BCUT2D eigenvalue weighted by Gasteiger charge is -2.04. The maximum atomic E-state index is 12.0. The van der Waals surface area contributed by atoms with E-state index in [4.69, 9.17) is 23.2 Å². The van der Waals surface area contributed by atoms with Crippen molar-refractivity contribution in [2.24, 2.45) is 0 Å². The molecule has 7 heteroatoms. The lowest BCUT2D eigenvalue weighted by molar-refractivity contribution is -0.120. The molecule has 0 radical (unpaired) electrons. The van der Waals surface area contributed by atoms with Gasteiger partial charge in [-0.15, -0.1) is 0 Å². The number of H-pyrrole nitrogens is 1. The van der Waals surface area contributed by atoms with Crippen molar-refractivity contribution >= 4 is 29.1 Å². The average molecular weight is 375 g/mol. The Bertz CT molecular complexity index is 862. The second kappa shape index (κ2) is 8.14. The predicted octanol–water partition coefficient (Wildman–Crippen LogP) is 3.68. The van der Waals surface area contributed by atoms with E-state index >= 15 is 0 Å². The minimum absolute atomic E-state index is 0.0558. The number of halogens is 2. The highest BCUT2D eigenvalue weighted by Gasteiger charge is 2.07. The van der Waals surface area contributed by atoms with E-state index in [1.165, 1.54) is 0 Å². The van der Waals surface area contributed by atoms with E-state index in [1.54, 1.807) is 24.3 Å². The molecule has 0 unspecified atom stereocenters. The number of amides is 1. The highest BCUT2D eigenvalue weighted by atomic mass is 35.5. The molecule has 25 heavy (non-hydrogen) atoms. The van der Waals surface area contributed by atoms with Gasteiger partial charge in [-0.1, -0.05) is 35.3 Å². The van der Waals surface area contributed by atoms with Crippen LogP contribution in [0.15, 0.2) is 48.5 Å². The molecule has 0 aliphatic carbocycles. The van der Waals surface area contributed by atoms with Crippen LogP contribution in [0, 0.1) is 0 Å². The van der Waals surface area contributed by atoms with E-state index < -0.39 is 0 Å². The van der Waals surface area contributed by atoms with Crippen molar-refractivity contribution in [3.63, 3.8) is 0 Å². The van der Waals surface area contributed by atoms with Gasteiger partial charge < -0.3 is 5.32 Å². The van der Waals surface area contributed by atoms with Crippen LogP contribution >= 0.6 is 23.2 Å². The van der Waals surface area contributed by atoms with Crippen LogP contribution in [-0.4, -0.2) is 27.6 Å². The molecule has 0 aliphatic heterocycles. The summed E-state index contributed by atoms with van der Waals surface area (Å²) in [5.74, 6) is 1.27. The van der Waals surface area contributed by atoms with Gasteiger partial charge in [0.2, 0.25) is 5.91 Å². The summed E-state index contributed by atoms with van der Waals surface area (Å²) in [4.78, 5) is 16.4. The molecule has 1 aromatic heterocycles. The van der Waals surface area contributed by atoms with Crippen molar-refractivity contribution in [1.29, 1.82) is 0 Å². The quantitative estimate of drug-likeness (QED) is 0.691. The number of aromatic nitrogens is 3. The van der Waals surface area contributed by atoms with E-state index in [0.717, 1.165) is 11.1 Å². The second-order valence-corrected chi connectivity index (χ2v) is 6.39. The summed E-state index contributed by atoms with van der Waals surface area (Å²) in [6, 6.07) is 14.6. The maximum Gasteiger partial charge on any atom is 0.224 e. The molecule has 0 aliphatic rings. The second-order valence-electron chi connectivity index (χ2n) is 5.52. The summed E-state index contributed by atoms with van der Waals surface area (Å²) < 4.78 is 0. The fourth-order valence-corrected chi connectivity index (χ4v) is 2.69. The van der Waals surface area contributed by atoms with E-state index in [9.17, 15) is 4.79 Å². The SMILES string of the molecule is O=C(Cc1cccc(Cl)c1)NCCc1nc(-c2ccc(Cl)cc2)n[nH]1. The van der Waals surface area contributed by atoms with Gasteiger partial charge in [0.1, 0.15) is 5.82 Å². The third-order valence-corrected chi connectivity index (χ3v) is 4.06. The standard InChI is InChI=1S/C18H16Cl2N4O/c19-14-6-4-13(5-7-14)18-22-16(23-24-18)8-9-21-17(25)11-12-2-1-3-15(20)10-12/h1-7,10H,8-9,11H2,(H,21,25)(H,22,23,24). The van der Waals surface area contributed by atoms with Crippen LogP contribution < -0.4 is 5.32 Å². The Morgan fingerprint density at radius 2 is 1.88 bits per heavy atom. The van der Waals surface area contributed by atoms with Gasteiger partial charge in [0, 0.05) is 28.6 Å². The first-order valence-corrected chi connectivity index (χ1v) is 8.54. The summed E-state index contributed by atoms with van der Waals surface area (Å²) in [5, 5.41) is 11.2. The predicted molar refractivity (Wildman–Crippen MR) is 98.7 cm³/mol. The molecule has 1 amide bonds. The molecule has 5 nitrogen and oxygen atoms in total. The number of benzene rings is 2. The summed E-state index contributed by atoms with van der Waals surface area (Å²) in [5.41, 5.74) is 1.77. The van der Waals surface area contributed by atoms with Crippen LogP contribution in [0.4, 0.5) is 0 Å². The van der Waals surface area contributed by atoms with Gasteiger partial charge in [0.25, 0.3) is 0 Å². The minimum Gasteiger partial charge on any atom is -0.355 e. The van der Waals surface area contributed by atoms with Crippen LogP contribution in [-0.2, 0) is 17.6 Å². The Morgan fingerprint density at radius 3 is 2.64 bits per heavy atom. The molecule has 3 rings (SSSR count). The van der Waals surface area contributed by atoms with E-state index in [0.29, 0.717) is 41.1 Å². The van der Waals surface area contributed by atoms with E-state index in [2.05, 4.69) is 20.5 Å². The summed E-state index contributed by atoms with van der Waals surface area (Å²) in [7, 11) is 0. The molecule has 2 aromatic carbocycles. The molecule has 0 atom stereocenters. The van der Waals surface area contributed by atoms with Gasteiger partial charge in [-0.3, -0.25) is 9.89 Å². The van der Waals surface area contributed by atoms with Crippen molar-refractivity contribution in [2.45, 2.75) is 12.8 Å². The Hall–Kier alpha value is -2.37. The number of carbonyl (C=O) groups is 1. The zero-order valence-corrected chi connectivity index (χ0v) is 14.8. The van der Waals surface area contributed by atoms with Crippen LogP contribution in [0.1, 0.15) is 11.4 Å². The topological polar surface area (TPSA) is 70.7 Å². The Labute approximate surface area is 155 Å². The molecule has 0 fully saturated rings. The van der Waals surface area contributed by atoms with Crippen molar-refractivity contribution < 1.29 is 4.79 Å². The molecule has 0 bridgehead atoms. The van der Waals surface area contributed by atoms with Crippen LogP contribution in [0.3, 0.4) is 0 Å². The number of hydrogen-bond acceptors (Lipinski definition) is 3. The van der Waals surface area contributed by atoms with Crippen LogP contribution in [0.5, 0.6) is 0 Å². The lowest BCUT2D eigenvalue weighted by Crippen LogP contribution is -2.27. The van der Waals surface area contributed by atoms with Gasteiger partial charge >= 0.3 is 0 Å². The zero-order valence-electron chi connectivity index (χ0n) is 13.3. The van der Waals surface area contributed by atoms with Gasteiger partial charge in [0.05, 0.1) is 6.42 Å². The van der Waals surface area contributed by atoms with Gasteiger partial charge in [-0.25, -0.2) is 4.98 Å². The number of nitrogens with one attached hydrogen (secondary N) is 2. The number of hydrogen-bond donors (Lipinski definition) is 2. The highest BCUT2D eigenvalue weighted by molar-refractivity contribution is 6.30. The number of aromatic amines is 1. The third kappa shape index (κ3) is 5.05. The van der Waals surface area contributed by atoms with Crippen molar-refractivity contribution in [1.82, 2.24) is 20.5 Å². The highest BCUT2D eigenvalue weighted by Crippen LogP contribution is 2.17. The molecule has 3 aromatic rings. The maximum absolute atomic E-state index is 12.0. The monoisotopic (exact) mass is 374 g/mol. The van der Waals surface area contributed by atoms with Gasteiger partial charge in [-0.2, -0.15) is 5.10 Å². The van der Waals surface area contributed by atoms with Gasteiger partial charge in [-0.05, 0) is 42.0 Å². The Kier molecular flexibility index (Phi) is 5.68. The van der Waals surface area contributed by atoms with Crippen LogP contribution in [0.2, 0.25) is 10.0 Å². The zero-order chi connectivity index (χ0) is 17.6. The van der Waals surface area contributed by atoms with Crippen molar-refractivity contribution in [2.75, 3.05) is 6.54 Å². The normalized spacial score (nSPS) is 10.6. The molecule has 0 spiro atoms. The molecule has 128 valence electrons. The van der Waals surface area contributed by atoms with Gasteiger partial charge in [0.15, 0.2) is 5.82 Å². The molecule has 0 saturated heterocycles. The van der Waals surface area contributed by atoms with E-state index in [-0.39, 0.29) is 5.91 Å². The fourth-order valence-electron chi connectivity index (χ4n) is 2.35. The summed E-state index contributed by atoms with van der Waals surface area (Å²) in [6.07, 6.45) is 0.870. The first-order chi connectivity index (χ1) is 12.1. The Balaban J connectivity index is 1.49. The average Bonchev–Trinajstić information content (AvgIpc) is 3.04. The third-order valence-electron chi connectivity index (χ3n) is 3.57. The Morgan fingerprint density at radius 1 is 1.08 bits per heavy atom. The fraction of sp³-hybridized carbons (Fsp3) is 0.167. The minimum atomic E-state index is -0.0558. The lowest BCUT2D eigenvalue weighted by atomic mass is 10.1. The van der Waals surface area contributed by atoms with Crippen LogP contribution in [0.25, 0.3) is 11.4 Å². The number of carbonyl (C=O) groups excluding carboxylic acids is 1. The first kappa shape index (κ1) is 17.5. The molecule has 0 saturated carbocycles. The first-order valence-electron chi connectivity index (χ1n) is 7.78. The molecular weight excluding hydrogens is 359 g/mol. The number of rotatable bonds is 6. The van der Waals surface area contributed by atoms with Crippen molar-refractivity contribution in [3.05, 3.63) is 70.0 Å². The number of nitrogens with zero attached hydrogens (tertiary/aromatic N) is 2. The van der Waals surface area contributed by atoms with Crippen molar-refractivity contribution in [3.8, 4) is 11.4 Å². The molecule has 2 N–H and O–H groups in total. The van der Waals surface area contributed by atoms with E-state index in [1.807, 2.05) is 24.3 Å². The smallest absolute Gasteiger partial charge is 0.224 e. The molecule has 1 heterocycles. The molecular formula is C18H16Cl2N4O. The summed E-state index contributed by atoms with van der Waals surface area (Å²) >= 11 is 11.8.